The molecule has 0 unspecified atom stereocenters. The quantitative estimate of drug-likeness (QED) is 0.787. The summed E-state index contributed by atoms with van der Waals surface area (Å²) in [5, 5.41) is 0. The molecule has 2 saturated heterocycles. The van der Waals surface area contributed by atoms with Gasteiger partial charge in [-0.15, -0.1) is 0 Å². The third-order valence-corrected chi connectivity index (χ3v) is 5.15. The van der Waals surface area contributed by atoms with Gasteiger partial charge in [0.05, 0.1) is 20.9 Å². The fourth-order valence-electron chi connectivity index (χ4n) is 2.76. The predicted molar refractivity (Wildman–Crippen MR) is 90.6 cm³/mol. The van der Waals surface area contributed by atoms with Gasteiger partial charge in [-0.3, -0.25) is 0 Å². The highest BCUT2D eigenvalue weighted by Gasteiger charge is 2.52. The molecule has 0 atom stereocenters. The molecule has 2 aliphatic rings. The third-order valence-electron chi connectivity index (χ3n) is 5.15. The van der Waals surface area contributed by atoms with Gasteiger partial charge in [0.2, 0.25) is 0 Å². The minimum atomic E-state index is -0.787. The SMILES string of the molecule is [2H]c1c(B2OC(C)(C)C(C)(C)O2)nc(N2CCC(C)CC2)c([2H])c1[2H]. The molecule has 5 heteroatoms. The normalized spacial score (nSPS) is 26.7. The molecule has 1 aromatic heterocycles. The van der Waals surface area contributed by atoms with Crippen LogP contribution in [-0.2, 0) is 9.31 Å². The number of hydrogen-bond donors (Lipinski definition) is 0. The fraction of sp³-hybridized carbons (Fsp3) is 0.706. The Kier molecular flexibility index (Phi) is 3.11. The minimum Gasteiger partial charge on any atom is -0.398 e. The van der Waals surface area contributed by atoms with E-state index in [9.17, 15) is 0 Å². The van der Waals surface area contributed by atoms with Crippen LogP contribution in [0, 0.1) is 5.92 Å². The molecule has 22 heavy (non-hydrogen) atoms. The second kappa shape index (κ2) is 5.53. The molecule has 3 heterocycles. The van der Waals surface area contributed by atoms with Gasteiger partial charge in [0.25, 0.3) is 0 Å². The average molecular weight is 305 g/mol. The maximum absolute atomic E-state index is 8.25. The van der Waals surface area contributed by atoms with Crippen LogP contribution in [0.25, 0.3) is 0 Å². The molecule has 0 aromatic carbocycles. The summed E-state index contributed by atoms with van der Waals surface area (Å²) >= 11 is 0. The lowest BCUT2D eigenvalue weighted by molar-refractivity contribution is 0.00578. The number of hydrogen-bond acceptors (Lipinski definition) is 4. The molecule has 4 nitrogen and oxygen atoms in total. The summed E-state index contributed by atoms with van der Waals surface area (Å²) in [4.78, 5) is 6.63. The zero-order valence-corrected chi connectivity index (χ0v) is 14.2. The van der Waals surface area contributed by atoms with Crippen molar-refractivity contribution in [3.63, 3.8) is 0 Å². The van der Waals surface area contributed by atoms with Crippen LogP contribution in [0.15, 0.2) is 18.1 Å². The van der Waals surface area contributed by atoms with Gasteiger partial charge >= 0.3 is 7.12 Å². The van der Waals surface area contributed by atoms with Crippen molar-refractivity contribution >= 4 is 18.5 Å². The van der Waals surface area contributed by atoms with Crippen molar-refractivity contribution in [2.24, 2.45) is 5.92 Å². The van der Waals surface area contributed by atoms with Crippen molar-refractivity contribution in [1.29, 1.82) is 0 Å². The lowest BCUT2D eigenvalue weighted by atomic mass is 9.84. The predicted octanol–water partition coefficient (Wildman–Crippen LogP) is 2.62. The number of piperidine rings is 1. The van der Waals surface area contributed by atoms with E-state index in [0.29, 0.717) is 17.3 Å². The molecule has 2 fully saturated rings. The van der Waals surface area contributed by atoms with E-state index in [-0.39, 0.29) is 18.1 Å². The molecule has 0 spiro atoms. The van der Waals surface area contributed by atoms with Gasteiger partial charge in [0.15, 0.2) is 0 Å². The second-order valence-electron chi connectivity index (χ2n) is 7.45. The Hall–Kier alpha value is -1.07. The maximum atomic E-state index is 8.25. The smallest absolute Gasteiger partial charge is 0.398 e. The van der Waals surface area contributed by atoms with Gasteiger partial charge in [-0.2, -0.15) is 0 Å². The zero-order chi connectivity index (χ0) is 18.6. The first-order valence-corrected chi connectivity index (χ1v) is 8.12. The van der Waals surface area contributed by atoms with Crippen LogP contribution < -0.4 is 10.5 Å². The lowest BCUT2D eigenvalue weighted by Gasteiger charge is -2.32. The van der Waals surface area contributed by atoms with Crippen LogP contribution >= 0.6 is 0 Å². The molecule has 0 amide bonds. The Balaban J connectivity index is 1.98. The van der Waals surface area contributed by atoms with E-state index in [1.165, 1.54) is 0 Å². The molecule has 0 aliphatic carbocycles. The van der Waals surface area contributed by atoms with E-state index < -0.39 is 18.3 Å². The highest BCUT2D eigenvalue weighted by atomic mass is 16.7. The van der Waals surface area contributed by atoms with E-state index in [1.54, 1.807) is 0 Å². The summed E-state index contributed by atoms with van der Waals surface area (Å²) in [6.45, 7) is 11.7. The minimum absolute atomic E-state index is 0.0137. The largest absolute Gasteiger partial charge is 0.514 e. The first-order valence-electron chi connectivity index (χ1n) is 9.62. The Bertz CT molecular complexity index is 660. The highest BCUT2D eigenvalue weighted by molar-refractivity contribution is 6.61. The van der Waals surface area contributed by atoms with Crippen molar-refractivity contribution in [2.75, 3.05) is 18.0 Å². The Labute approximate surface area is 138 Å². The van der Waals surface area contributed by atoms with Crippen LogP contribution in [-0.4, -0.2) is 36.4 Å². The third kappa shape index (κ3) is 2.89. The van der Waals surface area contributed by atoms with Gasteiger partial charge in [-0.05, 0) is 58.5 Å². The van der Waals surface area contributed by atoms with Gasteiger partial charge in [0, 0.05) is 13.1 Å². The molecule has 1 aromatic rings. The molecular formula is C17H27BN2O2. The molecule has 0 N–H and O–H groups in total. The molecule has 3 rings (SSSR count). The zero-order valence-electron chi connectivity index (χ0n) is 17.2. The number of nitrogens with zero attached hydrogens (tertiary/aromatic N) is 2. The first-order chi connectivity index (χ1) is 11.5. The van der Waals surface area contributed by atoms with Gasteiger partial charge < -0.3 is 14.2 Å². The van der Waals surface area contributed by atoms with Crippen LogP contribution in [0.2, 0.25) is 0 Å². The van der Waals surface area contributed by atoms with Crippen molar-refractivity contribution in [1.82, 2.24) is 4.98 Å². The van der Waals surface area contributed by atoms with Crippen molar-refractivity contribution in [3.05, 3.63) is 18.1 Å². The Morgan fingerprint density at radius 3 is 2.36 bits per heavy atom. The number of rotatable bonds is 2. The van der Waals surface area contributed by atoms with Gasteiger partial charge in [-0.1, -0.05) is 13.0 Å². The Morgan fingerprint density at radius 2 is 1.77 bits per heavy atom. The maximum Gasteiger partial charge on any atom is 0.514 e. The van der Waals surface area contributed by atoms with E-state index in [0.717, 1.165) is 25.9 Å². The molecule has 0 bridgehead atoms. The number of aromatic nitrogens is 1. The van der Waals surface area contributed by atoms with Crippen LogP contribution in [0.4, 0.5) is 5.82 Å². The van der Waals surface area contributed by atoms with Crippen molar-refractivity contribution in [3.8, 4) is 0 Å². The fourth-order valence-corrected chi connectivity index (χ4v) is 2.76. The average Bonchev–Trinajstić information content (AvgIpc) is 2.74. The van der Waals surface area contributed by atoms with E-state index in [2.05, 4.69) is 16.8 Å². The number of anilines is 1. The topological polar surface area (TPSA) is 34.6 Å². The number of pyridine rings is 1. The Morgan fingerprint density at radius 1 is 1.18 bits per heavy atom. The van der Waals surface area contributed by atoms with E-state index >= 15 is 0 Å². The molecule has 120 valence electrons. The molecule has 0 radical (unpaired) electrons. The van der Waals surface area contributed by atoms with Crippen LogP contribution in [0.5, 0.6) is 0 Å². The summed E-state index contributed by atoms with van der Waals surface area (Å²) in [6, 6.07) is -0.189. The summed E-state index contributed by atoms with van der Waals surface area (Å²) in [6.07, 6.45) is 2.09. The van der Waals surface area contributed by atoms with E-state index in [4.69, 9.17) is 13.4 Å². The monoisotopic (exact) mass is 305 g/mol. The van der Waals surface area contributed by atoms with Crippen molar-refractivity contribution in [2.45, 2.75) is 58.7 Å². The lowest BCUT2D eigenvalue weighted by Crippen LogP contribution is -2.41. The summed E-state index contributed by atoms with van der Waals surface area (Å²) < 4.78 is 36.7. The standard InChI is InChI=1S/C17H27BN2O2/c1-13-9-11-20(12-10-13)15-8-6-7-14(19-15)18-21-16(2,3)17(4,5)22-18/h6-8,13H,9-12H2,1-5H3/i6D,7D,8D. The second-order valence-corrected chi connectivity index (χ2v) is 7.45. The van der Waals surface area contributed by atoms with Crippen LogP contribution in [0.3, 0.4) is 0 Å². The van der Waals surface area contributed by atoms with E-state index in [1.807, 2.05) is 27.7 Å². The highest BCUT2D eigenvalue weighted by Crippen LogP contribution is 2.36. The summed E-state index contributed by atoms with van der Waals surface area (Å²) in [5.41, 5.74) is -0.767. The molecule has 0 saturated carbocycles. The first kappa shape index (κ1) is 12.4. The van der Waals surface area contributed by atoms with Crippen molar-refractivity contribution < 1.29 is 13.4 Å². The summed E-state index contributed by atoms with van der Waals surface area (Å²) in [7, 11) is -0.787. The van der Waals surface area contributed by atoms with Gasteiger partial charge in [0.1, 0.15) is 5.82 Å². The van der Waals surface area contributed by atoms with Gasteiger partial charge in [-0.25, -0.2) is 4.98 Å². The van der Waals surface area contributed by atoms with Crippen LogP contribution in [0.1, 0.15) is 51.6 Å². The molecular weight excluding hydrogens is 275 g/mol. The molecule has 2 aliphatic heterocycles. The summed E-state index contributed by atoms with van der Waals surface area (Å²) in [5.74, 6) is 1.14.